The van der Waals surface area contributed by atoms with Gasteiger partial charge in [-0.15, -0.1) is 0 Å². The highest BCUT2D eigenvalue weighted by atomic mass is 16.5. The second-order valence-electron chi connectivity index (χ2n) is 6.86. The van der Waals surface area contributed by atoms with Crippen LogP contribution in [-0.4, -0.2) is 52.6 Å². The smallest absolute Gasteiger partial charge is 0.337 e. The van der Waals surface area contributed by atoms with Gasteiger partial charge in [0.15, 0.2) is 0 Å². The normalized spacial score (nSPS) is 15.2. The Kier molecular flexibility index (Phi) is 9.50. The lowest BCUT2D eigenvalue weighted by Crippen LogP contribution is -2.37. The summed E-state index contributed by atoms with van der Waals surface area (Å²) < 4.78 is 15.8. The average molecular weight is 363 g/mol. The van der Waals surface area contributed by atoms with Crippen LogP contribution in [0.15, 0.2) is 24.3 Å². The SMILES string of the molecule is COCCCCCCCOC1CCN(c2ccc(C(=O)OC)cc2)CC1. The third-order valence-corrected chi connectivity index (χ3v) is 4.94. The Labute approximate surface area is 157 Å². The van der Waals surface area contributed by atoms with Crippen LogP contribution in [0, 0.1) is 0 Å². The summed E-state index contributed by atoms with van der Waals surface area (Å²) in [6, 6.07) is 7.65. The van der Waals surface area contributed by atoms with Crippen LogP contribution in [0.3, 0.4) is 0 Å². The zero-order chi connectivity index (χ0) is 18.6. The van der Waals surface area contributed by atoms with Gasteiger partial charge in [-0.05, 0) is 49.9 Å². The number of carbonyl (C=O) groups is 1. The molecule has 1 aliphatic rings. The number of esters is 1. The Hall–Kier alpha value is -1.59. The summed E-state index contributed by atoms with van der Waals surface area (Å²) in [5, 5.41) is 0. The van der Waals surface area contributed by atoms with Gasteiger partial charge in [-0.25, -0.2) is 4.79 Å². The van der Waals surface area contributed by atoms with Crippen molar-refractivity contribution in [2.45, 2.75) is 51.0 Å². The number of hydrogen-bond acceptors (Lipinski definition) is 5. The van der Waals surface area contributed by atoms with E-state index in [0.29, 0.717) is 11.7 Å². The number of hydrogen-bond donors (Lipinski definition) is 0. The van der Waals surface area contributed by atoms with Crippen molar-refractivity contribution in [2.75, 3.05) is 45.4 Å². The maximum Gasteiger partial charge on any atom is 0.337 e. The van der Waals surface area contributed by atoms with E-state index in [-0.39, 0.29) is 5.97 Å². The molecule has 1 heterocycles. The highest BCUT2D eigenvalue weighted by molar-refractivity contribution is 5.89. The highest BCUT2D eigenvalue weighted by Gasteiger charge is 2.20. The lowest BCUT2D eigenvalue weighted by Gasteiger charge is -2.33. The van der Waals surface area contributed by atoms with Crippen molar-refractivity contribution in [3.8, 4) is 0 Å². The molecule has 0 N–H and O–H groups in total. The summed E-state index contributed by atoms with van der Waals surface area (Å²) in [5.74, 6) is -0.289. The van der Waals surface area contributed by atoms with Crippen LogP contribution in [0.25, 0.3) is 0 Å². The lowest BCUT2D eigenvalue weighted by atomic mass is 10.1. The van der Waals surface area contributed by atoms with Crippen LogP contribution in [-0.2, 0) is 14.2 Å². The maximum absolute atomic E-state index is 11.5. The van der Waals surface area contributed by atoms with Crippen molar-refractivity contribution in [3.63, 3.8) is 0 Å². The number of rotatable bonds is 11. The fourth-order valence-electron chi connectivity index (χ4n) is 3.34. The second-order valence-corrected chi connectivity index (χ2v) is 6.86. The number of anilines is 1. The number of piperidine rings is 1. The lowest BCUT2D eigenvalue weighted by molar-refractivity contribution is 0.0347. The third-order valence-electron chi connectivity index (χ3n) is 4.94. The molecule has 0 bridgehead atoms. The Morgan fingerprint density at radius 2 is 1.58 bits per heavy atom. The van der Waals surface area contributed by atoms with E-state index in [2.05, 4.69) is 4.90 Å². The maximum atomic E-state index is 11.5. The predicted octanol–water partition coefficient (Wildman–Crippen LogP) is 4.06. The minimum Gasteiger partial charge on any atom is -0.465 e. The van der Waals surface area contributed by atoms with Gasteiger partial charge in [0.1, 0.15) is 0 Å². The molecule has 0 unspecified atom stereocenters. The average Bonchev–Trinajstić information content (AvgIpc) is 2.70. The third kappa shape index (κ3) is 6.96. The minimum absolute atomic E-state index is 0.289. The second kappa shape index (κ2) is 11.9. The number of unbranched alkanes of at least 4 members (excludes halogenated alkanes) is 4. The van der Waals surface area contributed by atoms with Crippen molar-refractivity contribution >= 4 is 11.7 Å². The van der Waals surface area contributed by atoms with Gasteiger partial charge >= 0.3 is 5.97 Å². The van der Waals surface area contributed by atoms with Crippen molar-refractivity contribution in [1.82, 2.24) is 0 Å². The minimum atomic E-state index is -0.289. The van der Waals surface area contributed by atoms with E-state index < -0.39 is 0 Å². The first-order valence-corrected chi connectivity index (χ1v) is 9.78. The predicted molar refractivity (Wildman–Crippen MR) is 104 cm³/mol. The fraction of sp³-hybridized carbons (Fsp3) is 0.667. The van der Waals surface area contributed by atoms with E-state index in [1.165, 1.54) is 26.4 Å². The molecule has 1 saturated heterocycles. The number of methoxy groups -OCH3 is 2. The zero-order valence-electron chi connectivity index (χ0n) is 16.2. The molecule has 2 rings (SSSR count). The Bertz CT molecular complexity index is 509. The van der Waals surface area contributed by atoms with Crippen molar-refractivity contribution in [1.29, 1.82) is 0 Å². The molecule has 0 spiro atoms. The summed E-state index contributed by atoms with van der Waals surface area (Å²) >= 11 is 0. The van der Waals surface area contributed by atoms with Gasteiger partial charge in [-0.1, -0.05) is 19.3 Å². The zero-order valence-corrected chi connectivity index (χ0v) is 16.2. The molecule has 1 aromatic rings. The van der Waals surface area contributed by atoms with Crippen LogP contribution < -0.4 is 4.90 Å². The van der Waals surface area contributed by atoms with E-state index in [0.717, 1.165) is 57.7 Å². The van der Waals surface area contributed by atoms with Crippen LogP contribution >= 0.6 is 0 Å². The van der Waals surface area contributed by atoms with E-state index >= 15 is 0 Å². The van der Waals surface area contributed by atoms with Gasteiger partial charge < -0.3 is 19.1 Å². The van der Waals surface area contributed by atoms with Gasteiger partial charge in [0.05, 0.1) is 18.8 Å². The number of nitrogens with zero attached hydrogens (tertiary/aromatic N) is 1. The first kappa shape index (κ1) is 20.7. The molecular formula is C21H33NO4. The molecular weight excluding hydrogens is 330 g/mol. The summed E-state index contributed by atoms with van der Waals surface area (Å²) in [7, 11) is 3.17. The first-order valence-electron chi connectivity index (χ1n) is 9.78. The molecule has 0 radical (unpaired) electrons. The number of carbonyl (C=O) groups excluding carboxylic acids is 1. The van der Waals surface area contributed by atoms with Crippen LogP contribution in [0.1, 0.15) is 55.3 Å². The van der Waals surface area contributed by atoms with Crippen LogP contribution in [0.5, 0.6) is 0 Å². The van der Waals surface area contributed by atoms with E-state index in [9.17, 15) is 4.79 Å². The fourth-order valence-corrected chi connectivity index (χ4v) is 3.34. The Morgan fingerprint density at radius 3 is 2.19 bits per heavy atom. The highest BCUT2D eigenvalue weighted by Crippen LogP contribution is 2.22. The van der Waals surface area contributed by atoms with Gasteiger partial charge in [-0.2, -0.15) is 0 Å². The summed E-state index contributed by atoms with van der Waals surface area (Å²) in [4.78, 5) is 13.9. The molecule has 0 saturated carbocycles. The molecule has 1 aliphatic heterocycles. The van der Waals surface area contributed by atoms with E-state index in [4.69, 9.17) is 14.2 Å². The monoisotopic (exact) mass is 363 g/mol. The van der Waals surface area contributed by atoms with E-state index in [1.54, 1.807) is 7.11 Å². The quantitative estimate of drug-likeness (QED) is 0.438. The largest absolute Gasteiger partial charge is 0.465 e. The molecule has 5 heteroatoms. The molecule has 5 nitrogen and oxygen atoms in total. The van der Waals surface area contributed by atoms with Gasteiger partial charge in [0.2, 0.25) is 0 Å². The molecule has 1 fully saturated rings. The first-order chi connectivity index (χ1) is 12.7. The van der Waals surface area contributed by atoms with Crippen molar-refractivity contribution in [2.24, 2.45) is 0 Å². The molecule has 146 valence electrons. The molecule has 26 heavy (non-hydrogen) atoms. The number of benzene rings is 1. The van der Waals surface area contributed by atoms with E-state index in [1.807, 2.05) is 24.3 Å². The van der Waals surface area contributed by atoms with Crippen LogP contribution in [0.2, 0.25) is 0 Å². The van der Waals surface area contributed by atoms with Crippen LogP contribution in [0.4, 0.5) is 5.69 Å². The van der Waals surface area contributed by atoms with Gasteiger partial charge in [0.25, 0.3) is 0 Å². The van der Waals surface area contributed by atoms with Gasteiger partial charge in [0, 0.05) is 39.1 Å². The standard InChI is InChI=1S/C21H33NO4/c1-24-16-6-4-3-5-7-17-26-20-12-14-22(15-13-20)19-10-8-18(9-11-19)21(23)25-2/h8-11,20H,3-7,12-17H2,1-2H3. The molecule has 0 atom stereocenters. The molecule has 0 aliphatic carbocycles. The summed E-state index contributed by atoms with van der Waals surface area (Å²) in [6.45, 7) is 3.75. The molecule has 0 aromatic heterocycles. The molecule has 0 amide bonds. The Morgan fingerprint density at radius 1 is 0.962 bits per heavy atom. The summed E-state index contributed by atoms with van der Waals surface area (Å²) in [6.07, 6.45) is 8.59. The molecule has 1 aromatic carbocycles. The van der Waals surface area contributed by atoms with Crippen molar-refractivity contribution < 1.29 is 19.0 Å². The summed E-state index contributed by atoms with van der Waals surface area (Å²) in [5.41, 5.74) is 1.75. The van der Waals surface area contributed by atoms with Gasteiger partial charge in [-0.3, -0.25) is 0 Å². The van der Waals surface area contributed by atoms with Crippen molar-refractivity contribution in [3.05, 3.63) is 29.8 Å². The number of ether oxygens (including phenoxy) is 3. The topological polar surface area (TPSA) is 48.0 Å². The Balaban J connectivity index is 1.59.